The van der Waals surface area contributed by atoms with Crippen LogP contribution in [-0.4, -0.2) is 23.7 Å². The van der Waals surface area contributed by atoms with Gasteiger partial charge in [-0.15, -0.1) is 0 Å². The van der Waals surface area contributed by atoms with Crippen LogP contribution in [0.5, 0.6) is 0 Å². The van der Waals surface area contributed by atoms with Gasteiger partial charge in [-0.2, -0.15) is 5.26 Å². The Hall–Kier alpha value is -1.60. The van der Waals surface area contributed by atoms with E-state index in [4.69, 9.17) is 9.72 Å². The molecule has 1 aliphatic heterocycles. The third kappa shape index (κ3) is 2.64. The van der Waals surface area contributed by atoms with Gasteiger partial charge in [0.15, 0.2) is 0 Å². The Balaban J connectivity index is 1.82. The van der Waals surface area contributed by atoms with E-state index >= 15 is 0 Å². The molecular weight excluding hydrogens is 250 g/mol. The molecule has 4 nitrogen and oxygen atoms in total. The Labute approximate surface area is 120 Å². The predicted octanol–water partition coefficient (Wildman–Crippen LogP) is 2.81. The number of ether oxygens (including phenoxy) is 1. The third-order valence-corrected chi connectivity index (χ3v) is 4.31. The summed E-state index contributed by atoms with van der Waals surface area (Å²) in [7, 11) is 0. The summed E-state index contributed by atoms with van der Waals surface area (Å²) in [6.45, 7) is 2.96. The van der Waals surface area contributed by atoms with Crippen LogP contribution >= 0.6 is 0 Å². The number of nitriles is 1. The lowest BCUT2D eigenvalue weighted by Crippen LogP contribution is -2.31. The molecule has 20 heavy (non-hydrogen) atoms. The number of hydrogen-bond donors (Lipinski definition) is 1. The number of fused-ring (bicyclic) bond motifs is 1. The maximum absolute atomic E-state index is 9.34. The lowest BCUT2D eigenvalue weighted by atomic mass is 9.95. The number of anilines is 1. The third-order valence-electron chi connectivity index (χ3n) is 4.31. The lowest BCUT2D eigenvalue weighted by Gasteiger charge is -2.23. The second-order valence-corrected chi connectivity index (χ2v) is 5.79. The van der Waals surface area contributed by atoms with E-state index in [1.165, 1.54) is 18.4 Å². The summed E-state index contributed by atoms with van der Waals surface area (Å²) in [6.07, 6.45) is 6.94. The average Bonchev–Trinajstić information content (AvgIpc) is 3.01. The van der Waals surface area contributed by atoms with E-state index in [-0.39, 0.29) is 12.1 Å². The van der Waals surface area contributed by atoms with Crippen molar-refractivity contribution in [3.05, 3.63) is 22.9 Å². The van der Waals surface area contributed by atoms with Crippen molar-refractivity contribution >= 4 is 5.82 Å². The largest absolute Gasteiger partial charge is 0.376 e. The van der Waals surface area contributed by atoms with Crippen molar-refractivity contribution in [1.29, 1.82) is 5.26 Å². The fourth-order valence-electron chi connectivity index (χ4n) is 3.13. The summed E-state index contributed by atoms with van der Waals surface area (Å²) in [5.74, 6) is 0.733. The van der Waals surface area contributed by atoms with Crippen molar-refractivity contribution in [3.8, 4) is 6.07 Å². The summed E-state index contributed by atoms with van der Waals surface area (Å²) in [5, 5.41) is 12.7. The summed E-state index contributed by atoms with van der Waals surface area (Å²) >= 11 is 0. The van der Waals surface area contributed by atoms with Gasteiger partial charge in [-0.05, 0) is 57.1 Å². The van der Waals surface area contributed by atoms with E-state index < -0.39 is 0 Å². The number of aryl methyl sites for hydroxylation is 2. The summed E-state index contributed by atoms with van der Waals surface area (Å²) < 4.78 is 5.70. The van der Waals surface area contributed by atoms with Crippen LogP contribution in [0.3, 0.4) is 0 Å². The van der Waals surface area contributed by atoms with Crippen molar-refractivity contribution in [2.75, 3.05) is 11.9 Å². The van der Waals surface area contributed by atoms with E-state index in [1.807, 2.05) is 6.07 Å². The van der Waals surface area contributed by atoms with Gasteiger partial charge in [0.05, 0.1) is 17.7 Å². The Morgan fingerprint density at radius 2 is 2.25 bits per heavy atom. The van der Waals surface area contributed by atoms with Crippen LogP contribution in [0.4, 0.5) is 5.82 Å². The van der Waals surface area contributed by atoms with Gasteiger partial charge < -0.3 is 10.1 Å². The molecule has 0 amide bonds. The van der Waals surface area contributed by atoms with Gasteiger partial charge >= 0.3 is 0 Å². The summed E-state index contributed by atoms with van der Waals surface area (Å²) in [6, 6.07) is 4.49. The van der Waals surface area contributed by atoms with Crippen molar-refractivity contribution in [2.24, 2.45) is 0 Å². The predicted molar refractivity (Wildman–Crippen MR) is 77.7 cm³/mol. The molecular formula is C16H21N3O. The van der Waals surface area contributed by atoms with E-state index in [9.17, 15) is 5.26 Å². The van der Waals surface area contributed by atoms with E-state index in [0.29, 0.717) is 5.56 Å². The van der Waals surface area contributed by atoms with Gasteiger partial charge in [0, 0.05) is 12.3 Å². The molecule has 2 heterocycles. The molecule has 0 bridgehead atoms. The van der Waals surface area contributed by atoms with Crippen LogP contribution in [0.2, 0.25) is 0 Å². The van der Waals surface area contributed by atoms with Crippen LogP contribution in [-0.2, 0) is 17.6 Å². The maximum Gasteiger partial charge on any atom is 0.144 e. The Morgan fingerprint density at radius 1 is 1.40 bits per heavy atom. The van der Waals surface area contributed by atoms with E-state index in [1.54, 1.807) is 0 Å². The molecule has 1 N–H and O–H groups in total. The van der Waals surface area contributed by atoms with Crippen LogP contribution < -0.4 is 5.32 Å². The number of hydrogen-bond acceptors (Lipinski definition) is 4. The molecule has 106 valence electrons. The summed E-state index contributed by atoms with van der Waals surface area (Å²) in [4.78, 5) is 4.71. The molecule has 1 aromatic rings. The van der Waals surface area contributed by atoms with Crippen LogP contribution in [0.1, 0.15) is 49.4 Å². The molecule has 1 aliphatic carbocycles. The number of nitrogens with zero attached hydrogens (tertiary/aromatic N) is 2. The lowest BCUT2D eigenvalue weighted by molar-refractivity contribution is 0.0995. The highest BCUT2D eigenvalue weighted by Crippen LogP contribution is 2.26. The van der Waals surface area contributed by atoms with Gasteiger partial charge in [-0.1, -0.05) is 0 Å². The minimum Gasteiger partial charge on any atom is -0.376 e. The first-order valence-corrected chi connectivity index (χ1v) is 7.59. The second kappa shape index (κ2) is 5.80. The summed E-state index contributed by atoms with van der Waals surface area (Å²) in [5.41, 5.74) is 3.08. The highest BCUT2D eigenvalue weighted by Gasteiger charge is 2.24. The van der Waals surface area contributed by atoms with Crippen molar-refractivity contribution < 1.29 is 4.74 Å². The van der Waals surface area contributed by atoms with Crippen LogP contribution in [0, 0.1) is 11.3 Å². The molecule has 3 rings (SSSR count). The smallest absolute Gasteiger partial charge is 0.144 e. The Bertz CT molecular complexity index is 529. The van der Waals surface area contributed by atoms with E-state index in [2.05, 4.69) is 18.3 Å². The van der Waals surface area contributed by atoms with Crippen molar-refractivity contribution in [3.63, 3.8) is 0 Å². The quantitative estimate of drug-likeness (QED) is 0.918. The molecule has 1 aromatic heterocycles. The Kier molecular flexibility index (Phi) is 3.88. The fourth-order valence-corrected chi connectivity index (χ4v) is 3.13. The van der Waals surface area contributed by atoms with Gasteiger partial charge in [-0.3, -0.25) is 0 Å². The number of aromatic nitrogens is 1. The molecule has 2 atom stereocenters. The topological polar surface area (TPSA) is 57.9 Å². The van der Waals surface area contributed by atoms with Crippen molar-refractivity contribution in [1.82, 2.24) is 4.98 Å². The monoisotopic (exact) mass is 271 g/mol. The molecule has 2 aliphatic rings. The van der Waals surface area contributed by atoms with Gasteiger partial charge in [0.1, 0.15) is 11.9 Å². The minimum absolute atomic E-state index is 0.193. The first-order valence-electron chi connectivity index (χ1n) is 7.59. The molecule has 2 unspecified atom stereocenters. The fraction of sp³-hybridized carbons (Fsp3) is 0.625. The molecule has 0 spiro atoms. The number of rotatable bonds is 3. The molecule has 0 saturated carbocycles. The minimum atomic E-state index is 0.193. The standard InChI is InChI=1S/C16H21N3O/c1-11(15-7-4-8-20-15)18-16-13(10-17)9-12-5-2-3-6-14(12)19-16/h9,11,15H,2-8H2,1H3,(H,18,19). The molecule has 0 radical (unpaired) electrons. The molecule has 1 saturated heterocycles. The zero-order chi connectivity index (χ0) is 13.9. The number of nitrogens with one attached hydrogen (secondary N) is 1. The SMILES string of the molecule is CC(Nc1nc2c(cc1C#N)CCCC2)C1CCCO1. The van der Waals surface area contributed by atoms with Gasteiger partial charge in [0.2, 0.25) is 0 Å². The second-order valence-electron chi connectivity index (χ2n) is 5.79. The maximum atomic E-state index is 9.34. The first kappa shape index (κ1) is 13.4. The van der Waals surface area contributed by atoms with Crippen LogP contribution in [0.25, 0.3) is 0 Å². The zero-order valence-electron chi connectivity index (χ0n) is 12.0. The molecule has 4 heteroatoms. The van der Waals surface area contributed by atoms with Crippen LogP contribution in [0.15, 0.2) is 6.07 Å². The highest BCUT2D eigenvalue weighted by atomic mass is 16.5. The number of pyridine rings is 1. The Morgan fingerprint density at radius 3 is 3.00 bits per heavy atom. The van der Waals surface area contributed by atoms with Gasteiger partial charge in [-0.25, -0.2) is 4.98 Å². The van der Waals surface area contributed by atoms with Gasteiger partial charge in [0.25, 0.3) is 0 Å². The zero-order valence-corrected chi connectivity index (χ0v) is 12.0. The highest BCUT2D eigenvalue weighted by molar-refractivity contribution is 5.55. The van der Waals surface area contributed by atoms with E-state index in [0.717, 1.165) is 43.8 Å². The molecule has 0 aromatic carbocycles. The average molecular weight is 271 g/mol. The molecule has 1 fully saturated rings. The first-order chi connectivity index (χ1) is 9.78. The van der Waals surface area contributed by atoms with Crippen molar-refractivity contribution in [2.45, 2.75) is 57.6 Å². The normalized spacial score (nSPS) is 22.9.